The monoisotopic (exact) mass is 259 g/mol. The molecule has 1 aliphatic rings. The highest BCUT2D eigenvalue weighted by atomic mass is 16.5. The first-order valence-electron chi connectivity index (χ1n) is 6.43. The van der Waals surface area contributed by atoms with E-state index in [9.17, 15) is 0 Å². The Morgan fingerprint density at radius 3 is 2.53 bits per heavy atom. The second kappa shape index (κ2) is 5.46. The van der Waals surface area contributed by atoms with E-state index in [1.165, 1.54) is 0 Å². The van der Waals surface area contributed by atoms with Crippen LogP contribution in [-0.2, 0) is 11.3 Å². The van der Waals surface area contributed by atoms with E-state index in [0.29, 0.717) is 5.95 Å². The average molecular weight is 259 g/mol. The molecule has 1 aliphatic heterocycles. The predicted octanol–water partition coefficient (Wildman–Crippen LogP) is 0.803. The summed E-state index contributed by atoms with van der Waals surface area (Å²) < 4.78 is 7.16. The van der Waals surface area contributed by atoms with Crippen LogP contribution in [0.5, 0.6) is 0 Å². The van der Waals surface area contributed by atoms with Crippen molar-refractivity contribution in [1.29, 1.82) is 0 Å². The van der Waals surface area contributed by atoms with Crippen molar-refractivity contribution < 1.29 is 4.74 Å². The Kier molecular flexibility index (Phi) is 3.52. The number of aryl methyl sites for hydroxylation is 1. The molecule has 0 amide bonds. The third kappa shape index (κ3) is 2.97. The van der Waals surface area contributed by atoms with Gasteiger partial charge in [0, 0.05) is 43.8 Å². The van der Waals surface area contributed by atoms with Gasteiger partial charge in [-0.2, -0.15) is 0 Å². The molecule has 0 N–H and O–H groups in total. The Hall–Kier alpha value is -1.79. The summed E-state index contributed by atoms with van der Waals surface area (Å²) in [5.41, 5.74) is 2.09. The van der Waals surface area contributed by atoms with E-state index in [1.54, 1.807) is 6.33 Å². The molecule has 0 bridgehead atoms. The van der Waals surface area contributed by atoms with Crippen molar-refractivity contribution in [3.8, 4) is 5.95 Å². The van der Waals surface area contributed by atoms with E-state index >= 15 is 0 Å². The van der Waals surface area contributed by atoms with Gasteiger partial charge in [-0.1, -0.05) is 0 Å². The molecule has 0 spiro atoms. The molecule has 19 heavy (non-hydrogen) atoms. The maximum absolute atomic E-state index is 5.33. The Bertz CT molecular complexity index is 530. The van der Waals surface area contributed by atoms with E-state index in [0.717, 1.165) is 44.1 Å². The zero-order valence-electron chi connectivity index (χ0n) is 11.0. The molecule has 3 heterocycles. The molecule has 100 valence electrons. The third-order valence-corrected chi connectivity index (χ3v) is 3.14. The van der Waals surface area contributed by atoms with Crippen molar-refractivity contribution in [2.45, 2.75) is 13.5 Å². The quantitative estimate of drug-likeness (QED) is 0.816. The van der Waals surface area contributed by atoms with Crippen LogP contribution in [-0.4, -0.2) is 50.7 Å². The summed E-state index contributed by atoms with van der Waals surface area (Å²) in [6.07, 6.45) is 7.41. The molecular weight excluding hydrogens is 242 g/mol. The summed E-state index contributed by atoms with van der Waals surface area (Å²) in [4.78, 5) is 15.3. The summed E-state index contributed by atoms with van der Waals surface area (Å²) in [6, 6.07) is 0. The highest BCUT2D eigenvalue weighted by molar-refractivity contribution is 5.16. The largest absolute Gasteiger partial charge is 0.379 e. The van der Waals surface area contributed by atoms with E-state index in [1.807, 2.05) is 30.1 Å². The summed E-state index contributed by atoms with van der Waals surface area (Å²) in [6.45, 7) is 6.40. The van der Waals surface area contributed by atoms with Gasteiger partial charge in [-0.25, -0.2) is 15.0 Å². The lowest BCUT2D eigenvalue weighted by Crippen LogP contribution is -2.35. The van der Waals surface area contributed by atoms with E-state index in [2.05, 4.69) is 19.9 Å². The molecule has 0 aliphatic carbocycles. The summed E-state index contributed by atoms with van der Waals surface area (Å²) >= 11 is 0. The Morgan fingerprint density at radius 2 is 1.89 bits per heavy atom. The molecule has 2 aromatic heterocycles. The molecule has 1 saturated heterocycles. The van der Waals surface area contributed by atoms with Gasteiger partial charge >= 0.3 is 0 Å². The lowest BCUT2D eigenvalue weighted by Gasteiger charge is -2.26. The molecule has 0 aromatic carbocycles. The number of ether oxygens (including phenoxy) is 1. The van der Waals surface area contributed by atoms with Gasteiger partial charge < -0.3 is 4.74 Å². The maximum Gasteiger partial charge on any atom is 0.234 e. The first kappa shape index (κ1) is 12.3. The average Bonchev–Trinajstić information content (AvgIpc) is 2.87. The first-order valence-corrected chi connectivity index (χ1v) is 6.43. The fraction of sp³-hybridized carbons (Fsp3) is 0.462. The van der Waals surface area contributed by atoms with Crippen LogP contribution < -0.4 is 0 Å². The third-order valence-electron chi connectivity index (χ3n) is 3.14. The number of morpholine rings is 1. The van der Waals surface area contributed by atoms with Gasteiger partial charge in [-0.15, -0.1) is 0 Å². The van der Waals surface area contributed by atoms with E-state index < -0.39 is 0 Å². The minimum Gasteiger partial charge on any atom is -0.379 e. The summed E-state index contributed by atoms with van der Waals surface area (Å²) in [5.74, 6) is 0.659. The highest BCUT2D eigenvalue weighted by Crippen LogP contribution is 2.07. The highest BCUT2D eigenvalue weighted by Gasteiger charge is 2.11. The van der Waals surface area contributed by atoms with Gasteiger partial charge in [-0.3, -0.25) is 9.47 Å². The maximum atomic E-state index is 5.33. The Balaban J connectivity index is 1.68. The first-order chi connectivity index (χ1) is 9.31. The fourth-order valence-corrected chi connectivity index (χ4v) is 2.11. The second-order valence-corrected chi connectivity index (χ2v) is 4.70. The van der Waals surface area contributed by atoms with Crippen LogP contribution >= 0.6 is 0 Å². The SMILES string of the molecule is Cc1cn(-c2ncc(CN3CCOCC3)cn2)cn1. The minimum absolute atomic E-state index is 0.659. The van der Waals surface area contributed by atoms with Crippen molar-refractivity contribution in [2.75, 3.05) is 26.3 Å². The van der Waals surface area contributed by atoms with Crippen molar-refractivity contribution in [3.05, 3.63) is 36.2 Å². The minimum atomic E-state index is 0.659. The number of nitrogens with zero attached hydrogens (tertiary/aromatic N) is 5. The normalized spacial score (nSPS) is 16.7. The molecule has 3 rings (SSSR count). The number of rotatable bonds is 3. The predicted molar refractivity (Wildman–Crippen MR) is 70.0 cm³/mol. The van der Waals surface area contributed by atoms with Crippen LogP contribution in [0.25, 0.3) is 5.95 Å². The topological polar surface area (TPSA) is 56.1 Å². The van der Waals surface area contributed by atoms with Crippen LogP contribution in [0.15, 0.2) is 24.9 Å². The van der Waals surface area contributed by atoms with Gasteiger partial charge in [-0.05, 0) is 6.92 Å². The van der Waals surface area contributed by atoms with Gasteiger partial charge in [0.1, 0.15) is 6.33 Å². The van der Waals surface area contributed by atoms with Crippen molar-refractivity contribution in [2.24, 2.45) is 0 Å². The lowest BCUT2D eigenvalue weighted by molar-refractivity contribution is 0.0341. The van der Waals surface area contributed by atoms with Crippen LogP contribution in [0.4, 0.5) is 0 Å². The van der Waals surface area contributed by atoms with E-state index in [4.69, 9.17) is 4.74 Å². The van der Waals surface area contributed by atoms with Gasteiger partial charge in [0.2, 0.25) is 5.95 Å². The van der Waals surface area contributed by atoms with Crippen LogP contribution in [0.1, 0.15) is 11.3 Å². The number of aromatic nitrogens is 4. The second-order valence-electron chi connectivity index (χ2n) is 4.70. The summed E-state index contributed by atoms with van der Waals surface area (Å²) in [5, 5.41) is 0. The Labute approximate surface area is 112 Å². The van der Waals surface area contributed by atoms with Crippen LogP contribution in [0.3, 0.4) is 0 Å². The fourth-order valence-electron chi connectivity index (χ4n) is 2.11. The number of imidazole rings is 1. The number of hydrogen-bond acceptors (Lipinski definition) is 5. The van der Waals surface area contributed by atoms with Crippen LogP contribution in [0, 0.1) is 6.92 Å². The molecule has 0 unspecified atom stereocenters. The number of hydrogen-bond donors (Lipinski definition) is 0. The van der Waals surface area contributed by atoms with Crippen molar-refractivity contribution in [1.82, 2.24) is 24.4 Å². The van der Waals surface area contributed by atoms with Crippen molar-refractivity contribution in [3.63, 3.8) is 0 Å². The summed E-state index contributed by atoms with van der Waals surface area (Å²) in [7, 11) is 0. The molecule has 1 fully saturated rings. The smallest absolute Gasteiger partial charge is 0.234 e. The van der Waals surface area contributed by atoms with Gasteiger partial charge in [0.15, 0.2) is 0 Å². The van der Waals surface area contributed by atoms with Gasteiger partial charge in [0.25, 0.3) is 0 Å². The zero-order chi connectivity index (χ0) is 13.1. The van der Waals surface area contributed by atoms with Crippen molar-refractivity contribution >= 4 is 0 Å². The van der Waals surface area contributed by atoms with Gasteiger partial charge in [0.05, 0.1) is 18.9 Å². The molecule has 0 radical (unpaired) electrons. The molecule has 2 aromatic rings. The standard InChI is InChI=1S/C13H17N5O/c1-11-8-18(10-16-11)13-14-6-12(7-15-13)9-17-2-4-19-5-3-17/h6-8,10H,2-5,9H2,1H3. The molecule has 6 nitrogen and oxygen atoms in total. The molecule has 0 saturated carbocycles. The lowest BCUT2D eigenvalue weighted by atomic mass is 10.3. The molecule has 0 atom stereocenters. The van der Waals surface area contributed by atoms with Crippen LogP contribution in [0.2, 0.25) is 0 Å². The molecule has 6 heteroatoms. The zero-order valence-corrected chi connectivity index (χ0v) is 11.0. The molecular formula is C13H17N5O. The Morgan fingerprint density at radius 1 is 1.16 bits per heavy atom. The van der Waals surface area contributed by atoms with E-state index in [-0.39, 0.29) is 0 Å².